The second kappa shape index (κ2) is 34.6. The van der Waals surface area contributed by atoms with E-state index in [1.807, 2.05) is 7.05 Å². The Bertz CT molecular complexity index is 733. The third kappa shape index (κ3) is 36.1. The lowest BCUT2D eigenvalue weighted by atomic mass is 10.4. The summed E-state index contributed by atoms with van der Waals surface area (Å²) >= 11 is 0. The molecule has 0 radical (unpaired) electrons. The fourth-order valence-corrected chi connectivity index (χ4v) is 3.14. The third-order valence-corrected chi connectivity index (χ3v) is 5.31. The zero-order valence-electron chi connectivity index (χ0n) is 27.2. The van der Waals surface area contributed by atoms with Crippen LogP contribution in [0.15, 0.2) is 0 Å². The van der Waals surface area contributed by atoms with Crippen LogP contribution in [0.1, 0.15) is 26.2 Å². The molecule has 0 aliphatic heterocycles. The molecular formula is C29H56N4O12. The van der Waals surface area contributed by atoms with Crippen LogP contribution in [0.5, 0.6) is 0 Å². The highest BCUT2D eigenvalue weighted by Gasteiger charge is 2.04. The smallest absolute Gasteiger partial charge is 0.246 e. The van der Waals surface area contributed by atoms with Crippen LogP contribution in [0.3, 0.4) is 0 Å². The maximum atomic E-state index is 11.8. The van der Waals surface area contributed by atoms with Gasteiger partial charge in [-0.25, -0.2) is 0 Å². The number of ketones is 1. The average Bonchev–Trinajstić information content (AvgIpc) is 3.01. The first kappa shape index (κ1) is 42.7. The Kier molecular flexibility index (Phi) is 32.8. The molecular weight excluding hydrogens is 596 g/mol. The fourth-order valence-electron chi connectivity index (χ4n) is 3.14. The highest BCUT2D eigenvalue weighted by Crippen LogP contribution is 1.89. The summed E-state index contributed by atoms with van der Waals surface area (Å²) in [5.41, 5.74) is 0. The second-order valence-corrected chi connectivity index (χ2v) is 9.58. The molecule has 0 heterocycles. The van der Waals surface area contributed by atoms with Gasteiger partial charge in [0.05, 0.1) is 39.6 Å². The van der Waals surface area contributed by atoms with E-state index in [1.165, 1.54) is 6.92 Å². The van der Waals surface area contributed by atoms with Gasteiger partial charge in [-0.15, -0.1) is 0 Å². The quantitative estimate of drug-likeness (QED) is 0.0576. The molecule has 0 rings (SSSR count). The standard InChI is InChI=1S/C29H56N4O12/c1-26(34)22-42-13-3-10-38-17-7-31-27(35)23-43-14-4-11-39-18-8-32-28(36)24-44-15-5-12-40-19-9-33-29(37)25-45-21-20-41-16-6-30-2/h30H,3-25H2,1-2H3,(H,31,35)(H,32,36)(H,33,37). The topological polar surface area (TPSA) is 190 Å². The van der Waals surface area contributed by atoms with Gasteiger partial charge in [0.15, 0.2) is 5.78 Å². The monoisotopic (exact) mass is 652 g/mol. The van der Waals surface area contributed by atoms with Crippen molar-refractivity contribution in [2.75, 3.05) is 139 Å². The molecule has 16 nitrogen and oxygen atoms in total. The Balaban J connectivity index is 3.31. The summed E-state index contributed by atoms with van der Waals surface area (Å²) in [6.45, 7) is 8.56. The summed E-state index contributed by atoms with van der Waals surface area (Å²) in [5.74, 6) is -0.664. The molecule has 0 aromatic heterocycles. The zero-order valence-corrected chi connectivity index (χ0v) is 27.2. The molecule has 0 bridgehead atoms. The highest BCUT2D eigenvalue weighted by molar-refractivity contribution is 5.78. The number of rotatable bonds is 35. The fraction of sp³-hybridized carbons (Fsp3) is 0.862. The minimum Gasteiger partial charge on any atom is -0.380 e. The molecule has 3 amide bonds. The number of Topliss-reactive ketones (excluding diaryl/α,β-unsaturated/α-hetero) is 1. The van der Waals surface area contributed by atoms with Gasteiger partial charge in [0.2, 0.25) is 17.7 Å². The maximum Gasteiger partial charge on any atom is 0.246 e. The van der Waals surface area contributed by atoms with E-state index in [0.29, 0.717) is 118 Å². The van der Waals surface area contributed by atoms with Crippen LogP contribution in [-0.4, -0.2) is 162 Å². The number of carbonyl (C=O) groups is 4. The minimum atomic E-state index is -0.229. The maximum absolute atomic E-state index is 11.8. The zero-order chi connectivity index (χ0) is 33.1. The normalized spacial score (nSPS) is 11.0. The molecule has 4 N–H and O–H groups in total. The van der Waals surface area contributed by atoms with E-state index in [4.69, 9.17) is 37.9 Å². The van der Waals surface area contributed by atoms with Crippen molar-refractivity contribution in [3.63, 3.8) is 0 Å². The summed E-state index contributed by atoms with van der Waals surface area (Å²) in [7, 11) is 1.85. The summed E-state index contributed by atoms with van der Waals surface area (Å²) in [4.78, 5) is 45.9. The lowest BCUT2D eigenvalue weighted by Crippen LogP contribution is -2.31. The van der Waals surface area contributed by atoms with Gasteiger partial charge >= 0.3 is 0 Å². The van der Waals surface area contributed by atoms with Crippen LogP contribution in [-0.2, 0) is 57.1 Å². The van der Waals surface area contributed by atoms with Crippen molar-refractivity contribution in [2.45, 2.75) is 26.2 Å². The van der Waals surface area contributed by atoms with Gasteiger partial charge in [0, 0.05) is 65.8 Å². The lowest BCUT2D eigenvalue weighted by Gasteiger charge is -2.09. The van der Waals surface area contributed by atoms with Crippen LogP contribution < -0.4 is 21.3 Å². The Morgan fingerprint density at radius 1 is 0.400 bits per heavy atom. The first-order valence-electron chi connectivity index (χ1n) is 15.5. The number of hydrogen-bond donors (Lipinski definition) is 4. The number of nitrogens with one attached hydrogen (secondary N) is 4. The average molecular weight is 653 g/mol. The van der Waals surface area contributed by atoms with Crippen LogP contribution in [0.2, 0.25) is 0 Å². The van der Waals surface area contributed by atoms with E-state index in [9.17, 15) is 19.2 Å². The van der Waals surface area contributed by atoms with Gasteiger partial charge in [-0.2, -0.15) is 0 Å². The predicted octanol–water partition coefficient (Wildman–Crippen LogP) is -1.55. The van der Waals surface area contributed by atoms with Gasteiger partial charge in [0.1, 0.15) is 26.4 Å². The van der Waals surface area contributed by atoms with E-state index in [2.05, 4.69) is 21.3 Å². The molecule has 45 heavy (non-hydrogen) atoms. The molecule has 0 aliphatic carbocycles. The van der Waals surface area contributed by atoms with Gasteiger partial charge in [-0.05, 0) is 33.2 Å². The molecule has 0 spiro atoms. The van der Waals surface area contributed by atoms with Gasteiger partial charge < -0.3 is 59.2 Å². The Morgan fingerprint density at radius 3 is 1.11 bits per heavy atom. The number of hydrogen-bond acceptors (Lipinski definition) is 13. The van der Waals surface area contributed by atoms with Crippen molar-refractivity contribution in [2.24, 2.45) is 0 Å². The first-order chi connectivity index (χ1) is 22.0. The Labute approximate surface area is 267 Å². The van der Waals surface area contributed by atoms with Crippen molar-refractivity contribution < 1.29 is 57.1 Å². The largest absolute Gasteiger partial charge is 0.380 e. The molecule has 0 saturated heterocycles. The van der Waals surface area contributed by atoms with E-state index in [0.717, 1.165) is 6.54 Å². The van der Waals surface area contributed by atoms with Crippen molar-refractivity contribution in [1.82, 2.24) is 21.3 Å². The summed E-state index contributed by atoms with van der Waals surface area (Å²) in [6.07, 6.45) is 1.93. The first-order valence-corrected chi connectivity index (χ1v) is 15.5. The van der Waals surface area contributed by atoms with Crippen LogP contribution in [0.25, 0.3) is 0 Å². The van der Waals surface area contributed by atoms with Gasteiger partial charge in [-0.1, -0.05) is 0 Å². The molecule has 0 aromatic carbocycles. The molecule has 0 unspecified atom stereocenters. The van der Waals surface area contributed by atoms with Crippen molar-refractivity contribution in [1.29, 1.82) is 0 Å². The van der Waals surface area contributed by atoms with Gasteiger partial charge in [0.25, 0.3) is 0 Å². The Morgan fingerprint density at radius 2 is 0.711 bits per heavy atom. The van der Waals surface area contributed by atoms with Crippen LogP contribution in [0, 0.1) is 0 Å². The van der Waals surface area contributed by atoms with Crippen LogP contribution >= 0.6 is 0 Å². The van der Waals surface area contributed by atoms with Crippen molar-refractivity contribution >= 4 is 23.5 Å². The molecule has 0 fully saturated rings. The van der Waals surface area contributed by atoms with E-state index < -0.39 is 0 Å². The Hall–Kier alpha value is -2.28. The number of likely N-dealkylation sites (N-methyl/N-ethyl adjacent to an activating group) is 1. The summed E-state index contributed by atoms with van der Waals surface area (Å²) in [6, 6.07) is 0. The molecule has 0 atom stereocenters. The SMILES string of the molecule is CNCCOCCOCC(=O)NCCOCCCOCC(=O)NCCOCCCOCC(=O)NCCOCCCOCC(C)=O. The van der Waals surface area contributed by atoms with E-state index in [1.54, 1.807) is 0 Å². The van der Waals surface area contributed by atoms with E-state index >= 15 is 0 Å². The van der Waals surface area contributed by atoms with Crippen LogP contribution in [0.4, 0.5) is 0 Å². The molecule has 0 saturated carbocycles. The molecule has 264 valence electrons. The van der Waals surface area contributed by atoms with Crippen molar-refractivity contribution in [3.05, 3.63) is 0 Å². The van der Waals surface area contributed by atoms with E-state index in [-0.39, 0.29) is 49.9 Å². The van der Waals surface area contributed by atoms with Crippen molar-refractivity contribution in [3.8, 4) is 0 Å². The molecule has 0 aliphatic rings. The number of ether oxygens (including phenoxy) is 8. The predicted molar refractivity (Wildman–Crippen MR) is 164 cm³/mol. The summed E-state index contributed by atoms with van der Waals surface area (Å²) < 4.78 is 42.5. The number of amides is 3. The molecule has 0 aromatic rings. The minimum absolute atomic E-state index is 0.00810. The highest BCUT2D eigenvalue weighted by atomic mass is 16.5. The third-order valence-electron chi connectivity index (χ3n) is 5.31. The lowest BCUT2D eigenvalue weighted by molar-refractivity contribution is -0.127. The molecule has 16 heteroatoms. The second-order valence-electron chi connectivity index (χ2n) is 9.58. The summed E-state index contributed by atoms with van der Waals surface area (Å²) in [5, 5.41) is 11.1. The number of carbonyl (C=O) groups excluding carboxylic acids is 4. The van der Waals surface area contributed by atoms with Gasteiger partial charge in [-0.3, -0.25) is 19.2 Å².